The molecule has 2 aliphatic rings. The fraction of sp³-hybridized carbons (Fsp3) is 0.375. The molecule has 2 heterocycles. The van der Waals surface area contributed by atoms with Gasteiger partial charge in [-0.15, -0.1) is 0 Å². The molecule has 0 aromatic heterocycles. The maximum Gasteiger partial charge on any atom is 0.338 e. The van der Waals surface area contributed by atoms with Crippen LogP contribution in [0.2, 0.25) is 5.02 Å². The zero-order valence-electron chi connectivity index (χ0n) is 18.3. The van der Waals surface area contributed by atoms with Gasteiger partial charge in [-0.25, -0.2) is 9.59 Å². The van der Waals surface area contributed by atoms with E-state index in [1.54, 1.807) is 31.2 Å². The topological polar surface area (TPSA) is 82.7 Å². The summed E-state index contributed by atoms with van der Waals surface area (Å²) in [5.74, 6) is -0.377. The van der Waals surface area contributed by atoms with Crippen molar-refractivity contribution >= 4 is 52.3 Å². The van der Waals surface area contributed by atoms with Crippen LogP contribution in [0.3, 0.4) is 0 Å². The number of carbonyl (C=O) groups is 2. The maximum absolute atomic E-state index is 12.5. The molecule has 2 fully saturated rings. The van der Waals surface area contributed by atoms with Crippen LogP contribution in [0.4, 0.5) is 16.2 Å². The summed E-state index contributed by atoms with van der Waals surface area (Å²) in [5, 5.41) is 10.5. The van der Waals surface area contributed by atoms with Gasteiger partial charge in [-0.05, 0) is 81.2 Å². The van der Waals surface area contributed by atoms with E-state index in [0.29, 0.717) is 28.0 Å². The first-order valence-electron chi connectivity index (χ1n) is 11.1. The summed E-state index contributed by atoms with van der Waals surface area (Å²) in [5.41, 5.74) is 1.87. The molecule has 174 valence electrons. The number of halogens is 1. The molecule has 2 aromatic rings. The number of amides is 2. The minimum atomic E-state index is -0.377. The van der Waals surface area contributed by atoms with Gasteiger partial charge in [0, 0.05) is 23.8 Å². The molecule has 2 aromatic carbocycles. The first kappa shape index (κ1) is 23.3. The van der Waals surface area contributed by atoms with E-state index in [1.807, 2.05) is 24.3 Å². The fourth-order valence-electron chi connectivity index (χ4n) is 4.63. The minimum Gasteiger partial charge on any atom is -0.462 e. The Morgan fingerprint density at radius 1 is 1.06 bits per heavy atom. The Balaban J connectivity index is 1.30. The minimum absolute atomic E-state index is 0.0701. The van der Waals surface area contributed by atoms with Crippen LogP contribution in [0.5, 0.6) is 0 Å². The number of piperidine rings is 1. The molecule has 0 aliphatic carbocycles. The largest absolute Gasteiger partial charge is 0.462 e. The Morgan fingerprint density at radius 3 is 2.36 bits per heavy atom. The van der Waals surface area contributed by atoms with Crippen LogP contribution in [0.15, 0.2) is 48.5 Å². The lowest BCUT2D eigenvalue weighted by atomic mass is 9.98. The molecule has 9 heteroatoms. The number of benzene rings is 2. The van der Waals surface area contributed by atoms with Crippen LogP contribution in [-0.2, 0) is 4.74 Å². The Labute approximate surface area is 203 Å². The number of hydrogen-bond donors (Lipinski definition) is 3. The summed E-state index contributed by atoms with van der Waals surface area (Å²) >= 11 is 12.0. The van der Waals surface area contributed by atoms with Gasteiger partial charge in [0.25, 0.3) is 0 Å². The van der Waals surface area contributed by atoms with Crippen molar-refractivity contribution in [2.75, 3.05) is 17.2 Å². The standard InChI is InChI=1S/C24H27ClN4O3S/c1-2-32-22(30)15-7-9-16(10-8-15)26-23(31)27-17-13-18-11-12-19(14-17)29(18)24(33)28-21-6-4-3-5-20(21)25/h3-10,17-19H,2,11-14H2,1H3,(H,28,33)(H2,26,27,31)/t17?,18-,19+. The number of thiocarbonyl (C=S) groups is 1. The van der Waals surface area contributed by atoms with E-state index >= 15 is 0 Å². The van der Waals surface area contributed by atoms with Crippen LogP contribution in [-0.4, -0.2) is 46.7 Å². The van der Waals surface area contributed by atoms with Gasteiger partial charge < -0.3 is 25.6 Å². The van der Waals surface area contributed by atoms with E-state index in [9.17, 15) is 9.59 Å². The molecule has 0 radical (unpaired) electrons. The van der Waals surface area contributed by atoms with E-state index in [-0.39, 0.29) is 30.1 Å². The first-order valence-corrected chi connectivity index (χ1v) is 11.9. The predicted octanol–water partition coefficient (Wildman–Crippen LogP) is 5.03. The third-order valence-corrected chi connectivity index (χ3v) is 6.71. The molecule has 3 atom stereocenters. The van der Waals surface area contributed by atoms with Gasteiger partial charge in [-0.2, -0.15) is 0 Å². The second-order valence-electron chi connectivity index (χ2n) is 8.27. The molecule has 1 unspecified atom stereocenters. The van der Waals surface area contributed by atoms with Crippen LogP contribution < -0.4 is 16.0 Å². The van der Waals surface area contributed by atoms with Gasteiger partial charge >= 0.3 is 12.0 Å². The summed E-state index contributed by atoms with van der Waals surface area (Å²) in [4.78, 5) is 26.6. The summed E-state index contributed by atoms with van der Waals surface area (Å²) in [6.45, 7) is 2.08. The number of rotatable bonds is 5. The van der Waals surface area contributed by atoms with Gasteiger partial charge in [0.2, 0.25) is 0 Å². The summed E-state index contributed by atoms with van der Waals surface area (Å²) in [6.07, 6.45) is 3.75. The lowest BCUT2D eigenvalue weighted by Crippen LogP contribution is -2.54. The smallest absolute Gasteiger partial charge is 0.338 e. The molecule has 2 aliphatic heterocycles. The number of fused-ring (bicyclic) bond motifs is 2. The number of nitrogens with zero attached hydrogens (tertiary/aromatic N) is 1. The number of carbonyl (C=O) groups excluding carboxylic acids is 2. The quantitative estimate of drug-likeness (QED) is 0.406. The molecule has 0 spiro atoms. The van der Waals surface area contributed by atoms with Crippen molar-refractivity contribution in [1.82, 2.24) is 10.2 Å². The monoisotopic (exact) mass is 486 g/mol. The van der Waals surface area contributed by atoms with Crippen LogP contribution in [0.1, 0.15) is 43.0 Å². The van der Waals surface area contributed by atoms with E-state index in [0.717, 1.165) is 31.4 Å². The number of anilines is 2. The highest BCUT2D eigenvalue weighted by molar-refractivity contribution is 7.80. The number of nitrogens with one attached hydrogen (secondary N) is 3. The second kappa shape index (κ2) is 10.4. The second-order valence-corrected chi connectivity index (χ2v) is 9.06. The predicted molar refractivity (Wildman–Crippen MR) is 134 cm³/mol. The maximum atomic E-state index is 12.5. The van der Waals surface area contributed by atoms with Gasteiger partial charge in [0.05, 0.1) is 22.9 Å². The molecular formula is C24H27ClN4O3S. The summed E-state index contributed by atoms with van der Waals surface area (Å²) < 4.78 is 4.98. The third kappa shape index (κ3) is 5.57. The molecule has 2 amide bonds. The highest BCUT2D eigenvalue weighted by Gasteiger charge is 2.42. The third-order valence-electron chi connectivity index (χ3n) is 6.07. The molecule has 2 bridgehead atoms. The van der Waals surface area contributed by atoms with E-state index in [4.69, 9.17) is 28.6 Å². The van der Waals surface area contributed by atoms with Crippen LogP contribution in [0.25, 0.3) is 0 Å². The lowest BCUT2D eigenvalue weighted by molar-refractivity contribution is 0.0526. The van der Waals surface area contributed by atoms with Crippen molar-refractivity contribution in [3.63, 3.8) is 0 Å². The zero-order valence-corrected chi connectivity index (χ0v) is 19.9. The molecule has 7 nitrogen and oxygen atoms in total. The van der Waals surface area contributed by atoms with E-state index in [2.05, 4.69) is 20.9 Å². The van der Waals surface area contributed by atoms with Crippen molar-refractivity contribution in [1.29, 1.82) is 0 Å². The summed E-state index contributed by atoms with van der Waals surface area (Å²) in [6, 6.07) is 14.6. The van der Waals surface area contributed by atoms with Crippen molar-refractivity contribution < 1.29 is 14.3 Å². The number of esters is 1. The first-order chi connectivity index (χ1) is 15.9. The van der Waals surface area contributed by atoms with Crippen molar-refractivity contribution in [2.45, 2.75) is 50.7 Å². The average molecular weight is 487 g/mol. The van der Waals surface area contributed by atoms with E-state index < -0.39 is 0 Å². The van der Waals surface area contributed by atoms with Crippen molar-refractivity contribution in [2.24, 2.45) is 0 Å². The SMILES string of the molecule is CCOC(=O)c1ccc(NC(=O)NC2C[C@H]3CC[C@@H](C2)N3C(=S)Nc2ccccc2Cl)cc1. The van der Waals surface area contributed by atoms with Crippen molar-refractivity contribution in [3.8, 4) is 0 Å². The summed E-state index contributed by atoms with van der Waals surface area (Å²) in [7, 11) is 0. The average Bonchev–Trinajstić information content (AvgIpc) is 3.06. The van der Waals surface area contributed by atoms with Crippen LogP contribution in [0, 0.1) is 0 Å². The van der Waals surface area contributed by atoms with Gasteiger partial charge in [0.1, 0.15) is 0 Å². The molecule has 2 saturated heterocycles. The Kier molecular flexibility index (Phi) is 7.35. The number of urea groups is 1. The fourth-order valence-corrected chi connectivity index (χ4v) is 5.22. The van der Waals surface area contributed by atoms with Crippen LogP contribution >= 0.6 is 23.8 Å². The highest BCUT2D eigenvalue weighted by atomic mass is 35.5. The van der Waals surface area contributed by atoms with Gasteiger partial charge in [0.15, 0.2) is 5.11 Å². The van der Waals surface area contributed by atoms with Gasteiger partial charge in [-0.3, -0.25) is 0 Å². The number of para-hydroxylation sites is 1. The lowest BCUT2D eigenvalue weighted by Gasteiger charge is -2.40. The van der Waals surface area contributed by atoms with Crippen molar-refractivity contribution in [3.05, 3.63) is 59.1 Å². The number of hydrogen-bond acceptors (Lipinski definition) is 4. The molecule has 33 heavy (non-hydrogen) atoms. The normalized spacial score (nSPS) is 21.3. The number of ether oxygens (including phenoxy) is 1. The van der Waals surface area contributed by atoms with E-state index in [1.165, 1.54) is 0 Å². The molecule has 4 rings (SSSR count). The Morgan fingerprint density at radius 2 is 1.73 bits per heavy atom. The Bertz CT molecular complexity index is 1020. The molecular weight excluding hydrogens is 460 g/mol. The Hall–Kier alpha value is -2.84. The zero-order chi connectivity index (χ0) is 23.4. The molecule has 3 N–H and O–H groups in total. The van der Waals surface area contributed by atoms with Gasteiger partial charge in [-0.1, -0.05) is 23.7 Å². The molecule has 0 saturated carbocycles. The highest BCUT2D eigenvalue weighted by Crippen LogP contribution is 2.36.